The molecule has 1 aromatic carbocycles. The lowest BCUT2D eigenvalue weighted by Crippen LogP contribution is -2.48. The number of anilines is 1. The van der Waals surface area contributed by atoms with Crippen molar-refractivity contribution in [3.63, 3.8) is 0 Å². The van der Waals surface area contributed by atoms with E-state index < -0.39 is 17.7 Å². The topological polar surface area (TPSA) is 73.9 Å². The maximum Gasteiger partial charge on any atom is 0.434 e. The molecule has 1 aliphatic carbocycles. The van der Waals surface area contributed by atoms with Gasteiger partial charge in [-0.05, 0) is 49.1 Å². The van der Waals surface area contributed by atoms with Crippen LogP contribution in [0.3, 0.4) is 0 Å². The van der Waals surface area contributed by atoms with Gasteiger partial charge in [0.2, 0.25) is 0 Å². The summed E-state index contributed by atoms with van der Waals surface area (Å²) in [6.45, 7) is 0.557. The summed E-state index contributed by atoms with van der Waals surface area (Å²) in [5, 5.41) is 3.13. The maximum atomic E-state index is 14.0. The molecule has 3 atom stereocenters. The van der Waals surface area contributed by atoms with Gasteiger partial charge < -0.3 is 15.2 Å². The molecule has 2 N–H and O–H groups in total. The summed E-state index contributed by atoms with van der Waals surface area (Å²) in [4.78, 5) is 25.5. The monoisotopic (exact) mass is 445 g/mol. The Kier molecular flexibility index (Phi) is 4.87. The number of carbonyl (C=O) groups excluding carboxylic acids is 1. The molecule has 166 valence electrons. The van der Waals surface area contributed by atoms with Crippen LogP contribution in [0.1, 0.15) is 28.9 Å². The predicted molar refractivity (Wildman–Crippen MR) is 108 cm³/mol. The number of nitrogens with one attached hydrogen (secondary N) is 2. The van der Waals surface area contributed by atoms with Crippen LogP contribution in [0.2, 0.25) is 0 Å². The van der Waals surface area contributed by atoms with E-state index in [2.05, 4.69) is 20.3 Å². The largest absolute Gasteiger partial charge is 0.434 e. The fraction of sp³-hybridized carbons (Fsp3) is 0.318. The minimum Gasteiger partial charge on any atom is -0.364 e. The third-order valence-electron chi connectivity index (χ3n) is 6.12. The molecule has 2 aromatic heterocycles. The summed E-state index contributed by atoms with van der Waals surface area (Å²) >= 11 is 0. The van der Waals surface area contributed by atoms with Crippen molar-refractivity contribution in [3.05, 3.63) is 66.0 Å². The molecule has 1 aliphatic heterocycles. The summed E-state index contributed by atoms with van der Waals surface area (Å²) in [7, 11) is 0. The zero-order valence-electron chi connectivity index (χ0n) is 16.7. The number of amides is 1. The van der Waals surface area contributed by atoms with Crippen molar-refractivity contribution in [1.29, 1.82) is 0 Å². The van der Waals surface area contributed by atoms with Crippen LogP contribution in [0, 0.1) is 11.7 Å². The van der Waals surface area contributed by atoms with Gasteiger partial charge >= 0.3 is 6.18 Å². The van der Waals surface area contributed by atoms with Crippen LogP contribution in [0.4, 0.5) is 23.4 Å². The molecule has 6 nitrogen and oxygen atoms in total. The third-order valence-corrected chi connectivity index (χ3v) is 6.12. The Bertz CT molecular complexity index is 1130. The Morgan fingerprint density at radius 1 is 1.16 bits per heavy atom. The lowest BCUT2D eigenvalue weighted by Gasteiger charge is -2.34. The van der Waals surface area contributed by atoms with Gasteiger partial charge in [-0.1, -0.05) is 0 Å². The standard InChI is InChI=1S/C22H19F4N5O/c23-13-3-4-14(16-2-1-5-27-16)15(8-13)21(32)31-11-12-6-17(18(31)7-12)30-20-10-28-19(9-29-20)22(24,25)26/h1-5,8-10,12,17-18,27H,6-7,11H2,(H,29,30)/t12-,17+,18-/m0/s1. The smallest absolute Gasteiger partial charge is 0.364 e. The molecule has 0 unspecified atom stereocenters. The summed E-state index contributed by atoms with van der Waals surface area (Å²) in [6.07, 6.45) is 0.456. The minimum atomic E-state index is -4.55. The van der Waals surface area contributed by atoms with Gasteiger partial charge in [0.05, 0.1) is 24.0 Å². The molecule has 1 saturated carbocycles. The number of nitrogens with zero attached hydrogens (tertiary/aromatic N) is 3. The zero-order chi connectivity index (χ0) is 22.5. The number of H-pyrrole nitrogens is 1. The zero-order valence-corrected chi connectivity index (χ0v) is 16.7. The van der Waals surface area contributed by atoms with Crippen LogP contribution >= 0.6 is 0 Å². The Labute approximate surface area is 180 Å². The van der Waals surface area contributed by atoms with E-state index >= 15 is 0 Å². The number of halogens is 4. The number of carbonyl (C=O) groups is 1. The van der Waals surface area contributed by atoms with E-state index in [1.165, 1.54) is 12.1 Å². The first kappa shape index (κ1) is 20.5. The summed E-state index contributed by atoms with van der Waals surface area (Å²) in [6, 6.07) is 7.41. The van der Waals surface area contributed by atoms with Crippen molar-refractivity contribution in [3.8, 4) is 11.3 Å². The first-order chi connectivity index (χ1) is 15.3. The molecule has 2 bridgehead atoms. The average molecular weight is 445 g/mol. The van der Waals surface area contributed by atoms with E-state index in [0.717, 1.165) is 19.0 Å². The molecule has 3 heterocycles. The summed E-state index contributed by atoms with van der Waals surface area (Å²) < 4.78 is 52.2. The van der Waals surface area contributed by atoms with Gasteiger partial charge in [0, 0.05) is 30.0 Å². The number of benzene rings is 1. The first-order valence-corrected chi connectivity index (χ1v) is 10.2. The number of alkyl halides is 3. The highest BCUT2D eigenvalue weighted by molar-refractivity contribution is 6.01. The average Bonchev–Trinajstić information content (AvgIpc) is 3.50. The van der Waals surface area contributed by atoms with Crippen LogP contribution in [0.5, 0.6) is 0 Å². The molecule has 1 saturated heterocycles. The second-order valence-electron chi connectivity index (χ2n) is 8.17. The van der Waals surface area contributed by atoms with Crippen molar-refractivity contribution in [2.75, 3.05) is 11.9 Å². The molecule has 1 amide bonds. The lowest BCUT2D eigenvalue weighted by atomic mass is 10.0. The van der Waals surface area contributed by atoms with E-state index in [4.69, 9.17) is 0 Å². The van der Waals surface area contributed by atoms with E-state index in [1.807, 2.05) is 6.07 Å². The Hall–Kier alpha value is -3.43. The van der Waals surface area contributed by atoms with Crippen LogP contribution in [0.15, 0.2) is 48.9 Å². The molecule has 2 fully saturated rings. The molecule has 5 rings (SSSR count). The second kappa shape index (κ2) is 7.61. The fourth-order valence-electron chi connectivity index (χ4n) is 4.73. The molecule has 32 heavy (non-hydrogen) atoms. The number of piperidine rings is 1. The van der Waals surface area contributed by atoms with Gasteiger partial charge in [0.15, 0.2) is 5.69 Å². The Morgan fingerprint density at radius 2 is 2.00 bits per heavy atom. The van der Waals surface area contributed by atoms with Crippen molar-refractivity contribution < 1.29 is 22.4 Å². The van der Waals surface area contributed by atoms with Crippen molar-refractivity contribution in [2.45, 2.75) is 31.1 Å². The quantitative estimate of drug-likeness (QED) is 0.586. The lowest BCUT2D eigenvalue weighted by molar-refractivity contribution is -0.141. The van der Waals surface area contributed by atoms with Crippen molar-refractivity contribution in [1.82, 2.24) is 19.9 Å². The van der Waals surface area contributed by atoms with E-state index in [1.54, 1.807) is 23.2 Å². The number of fused-ring (bicyclic) bond motifs is 2. The van der Waals surface area contributed by atoms with Gasteiger partial charge in [-0.3, -0.25) is 4.79 Å². The number of rotatable bonds is 4. The molecule has 0 spiro atoms. The number of hydrogen-bond acceptors (Lipinski definition) is 4. The Morgan fingerprint density at radius 3 is 2.66 bits per heavy atom. The van der Waals surface area contributed by atoms with Gasteiger partial charge in [-0.15, -0.1) is 0 Å². The molecule has 0 radical (unpaired) electrons. The maximum absolute atomic E-state index is 14.0. The first-order valence-electron chi connectivity index (χ1n) is 10.2. The van der Waals surface area contributed by atoms with E-state index in [-0.39, 0.29) is 35.3 Å². The fourth-order valence-corrected chi connectivity index (χ4v) is 4.73. The predicted octanol–water partition coefficient (Wildman–Crippen LogP) is 4.34. The van der Waals surface area contributed by atoms with Crippen LogP contribution in [0.25, 0.3) is 11.3 Å². The van der Waals surface area contributed by atoms with Crippen molar-refractivity contribution >= 4 is 11.7 Å². The van der Waals surface area contributed by atoms with Gasteiger partial charge in [0.25, 0.3) is 5.91 Å². The molecular formula is C22H19F4N5O. The molecule has 10 heteroatoms. The molecule has 3 aromatic rings. The number of aromatic amines is 1. The normalized spacial score (nSPS) is 22.4. The number of hydrogen-bond donors (Lipinski definition) is 2. The van der Waals surface area contributed by atoms with E-state index in [9.17, 15) is 22.4 Å². The number of likely N-dealkylation sites (tertiary alicyclic amines) is 1. The van der Waals surface area contributed by atoms with Gasteiger partial charge in [-0.25, -0.2) is 14.4 Å². The van der Waals surface area contributed by atoms with Crippen LogP contribution in [-0.2, 0) is 6.18 Å². The van der Waals surface area contributed by atoms with Gasteiger partial charge in [-0.2, -0.15) is 13.2 Å². The highest BCUT2D eigenvalue weighted by Crippen LogP contribution is 2.40. The SMILES string of the molecule is O=C(c1cc(F)ccc1-c1ccc[nH]1)N1C[C@H]2C[C@@H](Nc3cnc(C(F)(F)F)cn3)[C@@H]1C2. The summed E-state index contributed by atoms with van der Waals surface area (Å²) in [5.74, 6) is -0.290. The summed E-state index contributed by atoms with van der Waals surface area (Å²) in [5.41, 5.74) is 0.540. The highest BCUT2D eigenvalue weighted by atomic mass is 19.4. The van der Waals surface area contributed by atoms with Crippen molar-refractivity contribution in [2.24, 2.45) is 5.92 Å². The molecular weight excluding hydrogens is 426 g/mol. The van der Waals surface area contributed by atoms with Crippen LogP contribution < -0.4 is 5.32 Å². The van der Waals surface area contributed by atoms with E-state index in [0.29, 0.717) is 24.0 Å². The number of aromatic nitrogens is 3. The third kappa shape index (κ3) is 3.69. The second-order valence-corrected chi connectivity index (χ2v) is 8.17. The minimum absolute atomic E-state index is 0.170. The van der Waals surface area contributed by atoms with Gasteiger partial charge in [0.1, 0.15) is 11.6 Å². The molecule has 2 aliphatic rings. The van der Waals surface area contributed by atoms with Crippen LogP contribution in [-0.4, -0.2) is 44.4 Å². The highest BCUT2D eigenvalue weighted by Gasteiger charge is 2.47. The Balaban J connectivity index is 1.37.